The molecule has 2 nitrogen and oxygen atoms in total. The second-order valence-electron chi connectivity index (χ2n) is 6.46. The lowest BCUT2D eigenvalue weighted by molar-refractivity contribution is -0.116. The second kappa shape index (κ2) is 7.88. The van der Waals surface area contributed by atoms with E-state index in [1.807, 2.05) is 45.1 Å². The van der Waals surface area contributed by atoms with E-state index in [4.69, 9.17) is 0 Å². The number of ketones is 1. The van der Waals surface area contributed by atoms with Crippen LogP contribution in [0.3, 0.4) is 0 Å². The maximum absolute atomic E-state index is 11.9. The summed E-state index contributed by atoms with van der Waals surface area (Å²) in [4.78, 5) is 22.1. The van der Waals surface area contributed by atoms with Crippen LogP contribution in [0.15, 0.2) is 58.7 Å². The molecule has 0 saturated carbocycles. The maximum Gasteiger partial charge on any atom is 0.225 e. The third kappa shape index (κ3) is 5.10. The Morgan fingerprint density at radius 1 is 1.18 bits per heavy atom. The topological polar surface area (TPSA) is 34.1 Å². The third-order valence-electron chi connectivity index (χ3n) is 4.05. The molecular weight excluding hydrogens is 272 g/mol. The Labute approximate surface area is 134 Å². The van der Waals surface area contributed by atoms with Gasteiger partial charge in [-0.25, -0.2) is 0 Å². The van der Waals surface area contributed by atoms with Crippen molar-refractivity contribution in [3.8, 4) is 0 Å². The lowest BCUT2D eigenvalue weighted by Gasteiger charge is -2.32. The van der Waals surface area contributed by atoms with Gasteiger partial charge in [0.25, 0.3) is 0 Å². The van der Waals surface area contributed by atoms with Crippen LogP contribution in [0.4, 0.5) is 0 Å². The molecule has 0 saturated heterocycles. The number of hydrogen-bond donors (Lipinski definition) is 0. The first-order valence-electron chi connectivity index (χ1n) is 7.60. The van der Waals surface area contributed by atoms with Crippen molar-refractivity contribution in [2.24, 2.45) is 5.41 Å². The van der Waals surface area contributed by atoms with Gasteiger partial charge in [-0.05, 0) is 55.4 Å². The molecule has 1 rings (SSSR count). The number of Topliss-reactive ketones (excluding diaryl/α,β-unsaturated/α-hetero) is 1. The minimum absolute atomic E-state index is 0.0454. The SMILES string of the molecule is CC1=C(/C=C/C(C)=C/C=C/C(C)=C/[C]=O)C(C)(C)CCC1=O. The zero-order valence-electron chi connectivity index (χ0n) is 14.2. The van der Waals surface area contributed by atoms with Gasteiger partial charge in [0.2, 0.25) is 6.29 Å². The van der Waals surface area contributed by atoms with Gasteiger partial charge in [0.1, 0.15) is 0 Å². The van der Waals surface area contributed by atoms with E-state index in [1.165, 1.54) is 6.08 Å². The van der Waals surface area contributed by atoms with Gasteiger partial charge in [0.05, 0.1) is 0 Å². The highest BCUT2D eigenvalue weighted by Crippen LogP contribution is 2.39. The summed E-state index contributed by atoms with van der Waals surface area (Å²) in [5, 5.41) is 0. The van der Waals surface area contributed by atoms with Gasteiger partial charge in [-0.1, -0.05) is 49.8 Å². The number of allylic oxidation sites excluding steroid dienone is 10. The quantitative estimate of drug-likeness (QED) is 0.539. The predicted octanol–water partition coefficient (Wildman–Crippen LogP) is 4.81. The fourth-order valence-corrected chi connectivity index (χ4v) is 2.52. The van der Waals surface area contributed by atoms with Crippen LogP contribution in [-0.2, 0) is 9.59 Å². The van der Waals surface area contributed by atoms with Gasteiger partial charge in [-0.2, -0.15) is 0 Å². The van der Waals surface area contributed by atoms with Gasteiger partial charge in [0, 0.05) is 6.42 Å². The highest BCUT2D eigenvalue weighted by Gasteiger charge is 2.30. The Bertz CT molecular complexity index is 593. The molecule has 117 valence electrons. The summed E-state index contributed by atoms with van der Waals surface area (Å²) < 4.78 is 0. The van der Waals surface area contributed by atoms with E-state index < -0.39 is 0 Å². The molecule has 1 radical (unpaired) electrons. The van der Waals surface area contributed by atoms with Gasteiger partial charge in [-0.3, -0.25) is 9.59 Å². The van der Waals surface area contributed by atoms with Crippen molar-refractivity contribution in [3.05, 3.63) is 58.7 Å². The van der Waals surface area contributed by atoms with Crippen molar-refractivity contribution in [2.45, 2.75) is 47.5 Å². The van der Waals surface area contributed by atoms with Gasteiger partial charge in [-0.15, -0.1) is 0 Å². The molecule has 2 heteroatoms. The Hall–Kier alpha value is -1.96. The number of carbonyl (C=O) groups excluding carboxylic acids is 2. The standard InChI is InChI=1S/C20H25O2/c1-15(7-6-8-16(2)12-14-21)9-10-18-17(3)19(22)11-13-20(18,4)5/h6-10,12H,11,13H2,1-5H3/b8-6+,10-9+,15-7+,16-12+. The van der Waals surface area contributed by atoms with Crippen LogP contribution in [0.2, 0.25) is 0 Å². The molecule has 0 N–H and O–H groups in total. The molecule has 0 aliphatic heterocycles. The molecule has 0 spiro atoms. The Kier molecular flexibility index (Phi) is 6.48. The average molecular weight is 297 g/mol. The Morgan fingerprint density at radius 3 is 2.50 bits per heavy atom. The highest BCUT2D eigenvalue weighted by molar-refractivity contribution is 5.97. The molecule has 0 atom stereocenters. The van der Waals surface area contributed by atoms with Crippen molar-refractivity contribution >= 4 is 12.1 Å². The molecule has 1 aliphatic rings. The molecule has 0 unspecified atom stereocenters. The molecule has 0 fully saturated rings. The van der Waals surface area contributed by atoms with Gasteiger partial charge in [0.15, 0.2) is 5.78 Å². The average Bonchev–Trinajstić information content (AvgIpc) is 2.43. The molecule has 0 heterocycles. The van der Waals surface area contributed by atoms with E-state index in [2.05, 4.69) is 19.9 Å². The van der Waals surface area contributed by atoms with Crippen LogP contribution in [0.1, 0.15) is 47.5 Å². The summed E-state index contributed by atoms with van der Waals surface area (Å²) in [6.45, 7) is 10.2. The molecule has 0 aromatic heterocycles. The fourth-order valence-electron chi connectivity index (χ4n) is 2.52. The first-order chi connectivity index (χ1) is 10.3. The second-order valence-corrected chi connectivity index (χ2v) is 6.46. The molecule has 0 bridgehead atoms. The smallest absolute Gasteiger partial charge is 0.225 e. The normalized spacial score (nSPS) is 20.3. The van der Waals surface area contributed by atoms with Crippen molar-refractivity contribution in [2.75, 3.05) is 0 Å². The lowest BCUT2D eigenvalue weighted by Crippen LogP contribution is -2.24. The van der Waals surface area contributed by atoms with Crippen molar-refractivity contribution in [1.29, 1.82) is 0 Å². The molecular formula is C20H25O2. The van der Waals surface area contributed by atoms with E-state index in [1.54, 1.807) is 6.29 Å². The van der Waals surface area contributed by atoms with Gasteiger partial charge < -0.3 is 0 Å². The van der Waals surface area contributed by atoms with Crippen LogP contribution in [-0.4, -0.2) is 12.1 Å². The van der Waals surface area contributed by atoms with Crippen LogP contribution in [0, 0.1) is 5.41 Å². The molecule has 0 amide bonds. The van der Waals surface area contributed by atoms with E-state index in [0.717, 1.165) is 28.7 Å². The molecule has 22 heavy (non-hydrogen) atoms. The van der Waals surface area contributed by atoms with Crippen LogP contribution in [0.25, 0.3) is 0 Å². The summed E-state index contributed by atoms with van der Waals surface area (Å²) in [5.41, 5.74) is 4.01. The Morgan fingerprint density at radius 2 is 1.86 bits per heavy atom. The van der Waals surface area contributed by atoms with Crippen molar-refractivity contribution < 1.29 is 9.59 Å². The van der Waals surface area contributed by atoms with Crippen molar-refractivity contribution in [3.63, 3.8) is 0 Å². The zero-order valence-corrected chi connectivity index (χ0v) is 14.2. The van der Waals surface area contributed by atoms with E-state index in [9.17, 15) is 9.59 Å². The van der Waals surface area contributed by atoms with Gasteiger partial charge >= 0.3 is 0 Å². The largest absolute Gasteiger partial charge is 0.295 e. The lowest BCUT2D eigenvalue weighted by atomic mass is 9.72. The minimum Gasteiger partial charge on any atom is -0.295 e. The van der Waals surface area contributed by atoms with Crippen molar-refractivity contribution in [1.82, 2.24) is 0 Å². The van der Waals surface area contributed by atoms with E-state index in [0.29, 0.717) is 6.42 Å². The summed E-state index contributed by atoms with van der Waals surface area (Å²) in [6.07, 6.45) is 14.5. The zero-order chi connectivity index (χ0) is 16.8. The number of rotatable bonds is 5. The first-order valence-corrected chi connectivity index (χ1v) is 7.60. The summed E-state index contributed by atoms with van der Waals surface area (Å²) in [7, 11) is 0. The molecule has 1 aliphatic carbocycles. The highest BCUT2D eigenvalue weighted by atomic mass is 16.1. The molecule has 0 aromatic rings. The molecule has 0 aromatic carbocycles. The number of hydrogen-bond acceptors (Lipinski definition) is 2. The third-order valence-corrected chi connectivity index (χ3v) is 4.05. The fraction of sp³-hybridized carbons (Fsp3) is 0.400. The Balaban J connectivity index is 2.90. The summed E-state index contributed by atoms with van der Waals surface area (Å²) in [6, 6.07) is 0. The summed E-state index contributed by atoms with van der Waals surface area (Å²) in [5.74, 6) is 0.256. The van der Waals surface area contributed by atoms with Crippen LogP contribution < -0.4 is 0 Å². The van der Waals surface area contributed by atoms with Crippen LogP contribution >= 0.6 is 0 Å². The monoisotopic (exact) mass is 297 g/mol. The first kappa shape index (κ1) is 18.1. The van der Waals surface area contributed by atoms with E-state index in [-0.39, 0.29) is 11.2 Å². The minimum atomic E-state index is 0.0454. The number of carbonyl (C=O) groups is 1. The van der Waals surface area contributed by atoms with E-state index >= 15 is 0 Å². The maximum atomic E-state index is 11.9. The predicted molar refractivity (Wildman–Crippen MR) is 92.2 cm³/mol. The van der Waals surface area contributed by atoms with Crippen LogP contribution in [0.5, 0.6) is 0 Å². The summed E-state index contributed by atoms with van der Waals surface area (Å²) >= 11 is 0.